The first-order valence-electron chi connectivity index (χ1n) is 8.56. The summed E-state index contributed by atoms with van der Waals surface area (Å²) in [5.41, 5.74) is 6.19. The molecule has 0 saturated carbocycles. The van der Waals surface area contributed by atoms with Crippen LogP contribution in [0.25, 0.3) is 0 Å². The van der Waals surface area contributed by atoms with Crippen molar-refractivity contribution in [3.63, 3.8) is 0 Å². The number of halogens is 3. The number of ether oxygens (including phenoxy) is 1. The van der Waals surface area contributed by atoms with E-state index in [-0.39, 0.29) is 29.7 Å². The van der Waals surface area contributed by atoms with Crippen LogP contribution in [0.4, 0.5) is 13.2 Å². The number of benzene rings is 1. The number of alkyl halides is 3. The van der Waals surface area contributed by atoms with Gasteiger partial charge in [-0.1, -0.05) is 12.1 Å². The average Bonchev–Trinajstić information content (AvgIpc) is 2.58. The van der Waals surface area contributed by atoms with Crippen molar-refractivity contribution < 1.29 is 27.8 Å². The molecule has 1 aromatic rings. The maximum Gasteiger partial charge on any atom is 0.422 e. The topological polar surface area (TPSA) is 88.2 Å². The lowest BCUT2D eigenvalue weighted by atomic mass is 10.1. The zero-order valence-corrected chi connectivity index (χ0v) is 16.3. The van der Waals surface area contributed by atoms with Crippen LogP contribution in [0.2, 0.25) is 0 Å². The van der Waals surface area contributed by atoms with Gasteiger partial charge in [0.15, 0.2) is 6.61 Å². The molecule has 3 N–H and O–H groups in total. The third-order valence-electron chi connectivity index (χ3n) is 3.31. The van der Waals surface area contributed by atoms with Gasteiger partial charge in [-0.2, -0.15) is 13.2 Å². The fourth-order valence-corrected chi connectivity index (χ4v) is 2.01. The molecule has 156 valence electrons. The Bertz CT molecular complexity index is 702. The number of carboxylic acid groups (broad SMARTS) is 1. The van der Waals surface area contributed by atoms with Crippen molar-refractivity contribution in [3.8, 4) is 5.75 Å². The molecule has 1 aliphatic rings. The zero-order chi connectivity index (χ0) is 21.5. The minimum absolute atomic E-state index is 0. The van der Waals surface area contributed by atoms with Crippen LogP contribution in [0.15, 0.2) is 41.5 Å². The molecular weight excluding hydrogens is 375 g/mol. The van der Waals surface area contributed by atoms with Crippen LogP contribution < -0.4 is 10.5 Å². The Labute approximate surface area is 162 Å². The van der Waals surface area contributed by atoms with Crippen LogP contribution >= 0.6 is 0 Å². The lowest BCUT2D eigenvalue weighted by Crippen LogP contribution is -2.27. The number of hydrogen-bond acceptors (Lipinski definition) is 5. The van der Waals surface area contributed by atoms with Gasteiger partial charge in [0.1, 0.15) is 18.1 Å². The van der Waals surface area contributed by atoms with Gasteiger partial charge in [0, 0.05) is 11.7 Å². The van der Waals surface area contributed by atoms with Crippen molar-refractivity contribution in [2.75, 3.05) is 13.3 Å². The SMILES string of the molecule is CC(C)(C)N.CC(c1ccc(OCC(F)(F)F)cc1)N1C=CC(C(=O)O)=NC1. The van der Waals surface area contributed by atoms with Crippen molar-refractivity contribution >= 4 is 11.7 Å². The molecule has 1 aliphatic heterocycles. The minimum Gasteiger partial charge on any atom is -0.484 e. The van der Waals surface area contributed by atoms with Crippen LogP contribution in [0.3, 0.4) is 0 Å². The third kappa shape index (κ3) is 9.40. The number of hydrogen-bond donors (Lipinski definition) is 2. The van der Waals surface area contributed by atoms with E-state index in [0.717, 1.165) is 5.56 Å². The highest BCUT2D eigenvalue weighted by Crippen LogP contribution is 2.25. The van der Waals surface area contributed by atoms with Gasteiger partial charge in [-0.15, -0.1) is 0 Å². The van der Waals surface area contributed by atoms with Crippen molar-refractivity contribution in [2.45, 2.75) is 45.5 Å². The van der Waals surface area contributed by atoms with E-state index in [1.807, 2.05) is 32.6 Å². The predicted octanol–water partition coefficient (Wildman–Crippen LogP) is 3.74. The number of carbonyl (C=O) groups is 1. The van der Waals surface area contributed by atoms with E-state index < -0.39 is 18.8 Å². The Morgan fingerprint density at radius 1 is 1.29 bits per heavy atom. The summed E-state index contributed by atoms with van der Waals surface area (Å²) < 4.78 is 40.9. The molecule has 0 saturated heterocycles. The van der Waals surface area contributed by atoms with Gasteiger partial charge >= 0.3 is 12.1 Å². The Morgan fingerprint density at radius 2 is 1.82 bits per heavy atom. The van der Waals surface area contributed by atoms with Crippen LogP contribution in [0, 0.1) is 0 Å². The van der Waals surface area contributed by atoms with Gasteiger partial charge in [-0.05, 0) is 51.5 Å². The molecule has 0 amide bonds. The Hall–Kier alpha value is -2.55. The first-order valence-corrected chi connectivity index (χ1v) is 8.56. The number of aliphatic carboxylic acids is 1. The maximum absolute atomic E-state index is 12.1. The largest absolute Gasteiger partial charge is 0.484 e. The summed E-state index contributed by atoms with van der Waals surface area (Å²) in [5.74, 6) is -0.946. The highest BCUT2D eigenvalue weighted by molar-refractivity contribution is 6.40. The van der Waals surface area contributed by atoms with E-state index in [2.05, 4.69) is 9.73 Å². The summed E-state index contributed by atoms with van der Waals surface area (Å²) >= 11 is 0. The van der Waals surface area contributed by atoms with Crippen molar-refractivity contribution in [1.29, 1.82) is 0 Å². The van der Waals surface area contributed by atoms with Gasteiger partial charge < -0.3 is 20.5 Å². The quantitative estimate of drug-likeness (QED) is 0.785. The standard InChI is InChI=1S/C15H15F3N2O3.C4H11N/c1-10(20-7-6-13(14(21)22)19-9-20)11-2-4-12(5-3-11)23-8-15(16,17)18;1-4(2,3)5/h2-7,10H,8-9H2,1H3,(H,21,22);5H2,1-3H3. The van der Waals surface area contributed by atoms with Gasteiger partial charge in [-0.25, -0.2) is 4.79 Å². The third-order valence-corrected chi connectivity index (χ3v) is 3.31. The Balaban J connectivity index is 0.000000696. The average molecular weight is 401 g/mol. The van der Waals surface area contributed by atoms with Crippen LogP contribution in [-0.2, 0) is 4.79 Å². The Kier molecular flexibility index (Phi) is 8.04. The van der Waals surface area contributed by atoms with Gasteiger partial charge in [0.2, 0.25) is 0 Å². The van der Waals surface area contributed by atoms with Crippen LogP contribution in [-0.4, -0.2) is 46.7 Å². The number of nitrogens with two attached hydrogens (primary N) is 1. The van der Waals surface area contributed by atoms with Crippen LogP contribution in [0.1, 0.15) is 39.3 Å². The van der Waals surface area contributed by atoms with Crippen LogP contribution in [0.5, 0.6) is 5.75 Å². The second kappa shape index (κ2) is 9.59. The maximum atomic E-state index is 12.1. The summed E-state index contributed by atoms with van der Waals surface area (Å²) in [6.07, 6.45) is -1.33. The molecule has 1 unspecified atom stereocenters. The predicted molar refractivity (Wildman–Crippen MR) is 101 cm³/mol. The van der Waals surface area contributed by atoms with E-state index in [4.69, 9.17) is 10.8 Å². The Morgan fingerprint density at radius 3 is 2.21 bits per heavy atom. The van der Waals surface area contributed by atoms with Crippen molar-refractivity contribution in [3.05, 3.63) is 42.1 Å². The highest BCUT2D eigenvalue weighted by atomic mass is 19.4. The summed E-state index contributed by atoms with van der Waals surface area (Å²) in [7, 11) is 0. The summed E-state index contributed by atoms with van der Waals surface area (Å²) in [4.78, 5) is 16.5. The lowest BCUT2D eigenvalue weighted by Gasteiger charge is -2.28. The summed E-state index contributed by atoms with van der Waals surface area (Å²) in [5, 5.41) is 8.82. The van der Waals surface area contributed by atoms with E-state index in [1.54, 1.807) is 18.3 Å². The molecule has 2 rings (SSSR count). The smallest absolute Gasteiger partial charge is 0.422 e. The van der Waals surface area contributed by atoms with Gasteiger partial charge in [-0.3, -0.25) is 4.99 Å². The van der Waals surface area contributed by atoms with Crippen molar-refractivity contribution in [2.24, 2.45) is 10.7 Å². The zero-order valence-electron chi connectivity index (χ0n) is 16.3. The summed E-state index contributed by atoms with van der Waals surface area (Å²) in [6, 6.07) is 6.16. The number of carboxylic acids is 1. The molecule has 0 spiro atoms. The number of aliphatic imine (C=N–C) groups is 1. The normalized spacial score (nSPS) is 15.3. The van der Waals surface area contributed by atoms with E-state index in [0.29, 0.717) is 0 Å². The van der Waals surface area contributed by atoms with Gasteiger partial charge in [0.25, 0.3) is 0 Å². The molecule has 1 heterocycles. The molecule has 0 aromatic heterocycles. The lowest BCUT2D eigenvalue weighted by molar-refractivity contribution is -0.153. The molecule has 9 heteroatoms. The monoisotopic (exact) mass is 401 g/mol. The molecular formula is C19H26F3N3O3. The molecule has 0 aliphatic carbocycles. The van der Waals surface area contributed by atoms with E-state index in [9.17, 15) is 18.0 Å². The van der Waals surface area contributed by atoms with E-state index >= 15 is 0 Å². The highest BCUT2D eigenvalue weighted by Gasteiger charge is 2.28. The second-order valence-corrected chi connectivity index (χ2v) is 7.33. The van der Waals surface area contributed by atoms with Gasteiger partial charge in [0.05, 0.1) is 6.04 Å². The molecule has 0 bridgehead atoms. The molecule has 6 nitrogen and oxygen atoms in total. The first kappa shape index (κ1) is 23.5. The second-order valence-electron chi connectivity index (χ2n) is 7.33. The fourth-order valence-electron chi connectivity index (χ4n) is 2.01. The fraction of sp³-hybridized carbons (Fsp3) is 0.474. The number of nitrogens with zero attached hydrogens (tertiary/aromatic N) is 2. The molecule has 1 aromatic carbocycles. The molecule has 1 atom stereocenters. The number of rotatable bonds is 5. The van der Waals surface area contributed by atoms with E-state index in [1.165, 1.54) is 18.2 Å². The minimum atomic E-state index is -4.37. The first-order chi connectivity index (χ1) is 12.8. The summed E-state index contributed by atoms with van der Waals surface area (Å²) in [6.45, 7) is 6.65. The molecule has 0 fully saturated rings. The molecule has 28 heavy (non-hydrogen) atoms. The van der Waals surface area contributed by atoms with Crippen molar-refractivity contribution in [1.82, 2.24) is 4.90 Å². The molecule has 0 radical (unpaired) electrons.